The first-order chi connectivity index (χ1) is 13.5. The van der Waals surface area contributed by atoms with Crippen LogP contribution in [0.25, 0.3) is 0 Å². The average Bonchev–Trinajstić information content (AvgIpc) is 2.96. The Morgan fingerprint density at radius 3 is 2.64 bits per heavy atom. The molecule has 0 aliphatic heterocycles. The van der Waals surface area contributed by atoms with Crippen LogP contribution < -0.4 is 10.6 Å². The zero-order chi connectivity index (χ0) is 20.1. The summed E-state index contributed by atoms with van der Waals surface area (Å²) in [5, 5.41) is 11.6. The third-order valence-electron chi connectivity index (χ3n) is 4.86. The van der Waals surface area contributed by atoms with Crippen LogP contribution in [0.3, 0.4) is 0 Å². The van der Waals surface area contributed by atoms with E-state index in [1.165, 1.54) is 5.56 Å². The number of amides is 1. The molecule has 146 valence electrons. The minimum Gasteiger partial charge on any atom is -0.355 e. The number of nitrogens with zero attached hydrogens (tertiary/aromatic N) is 2. The monoisotopic (exact) mass is 396 g/mol. The maximum absolute atomic E-state index is 11.8. The molecule has 5 nitrogen and oxygen atoms in total. The highest BCUT2D eigenvalue weighted by molar-refractivity contribution is 6.31. The van der Waals surface area contributed by atoms with Crippen molar-refractivity contribution >= 4 is 17.5 Å². The molecule has 1 heterocycles. The van der Waals surface area contributed by atoms with E-state index in [1.54, 1.807) is 7.05 Å². The van der Waals surface area contributed by atoms with Gasteiger partial charge < -0.3 is 10.6 Å². The van der Waals surface area contributed by atoms with Crippen LogP contribution in [0.2, 0.25) is 5.02 Å². The highest BCUT2D eigenvalue weighted by atomic mass is 35.5. The summed E-state index contributed by atoms with van der Waals surface area (Å²) in [7, 11) is 1.64. The molecule has 0 aliphatic carbocycles. The Kier molecular flexibility index (Phi) is 6.49. The van der Waals surface area contributed by atoms with Crippen LogP contribution in [0, 0.1) is 13.8 Å². The summed E-state index contributed by atoms with van der Waals surface area (Å²) in [6, 6.07) is 15.5. The van der Waals surface area contributed by atoms with E-state index in [1.807, 2.05) is 60.1 Å². The van der Waals surface area contributed by atoms with Gasteiger partial charge >= 0.3 is 0 Å². The number of rotatable bonds is 7. The van der Waals surface area contributed by atoms with Gasteiger partial charge in [0.15, 0.2) is 0 Å². The Morgan fingerprint density at radius 2 is 1.89 bits per heavy atom. The zero-order valence-corrected chi connectivity index (χ0v) is 17.2. The zero-order valence-electron chi connectivity index (χ0n) is 16.4. The van der Waals surface area contributed by atoms with Crippen LogP contribution in [0.5, 0.6) is 0 Å². The first-order valence-corrected chi connectivity index (χ1v) is 9.65. The van der Waals surface area contributed by atoms with E-state index in [0.29, 0.717) is 25.2 Å². The molecule has 6 heteroatoms. The van der Waals surface area contributed by atoms with Crippen LogP contribution in [0.4, 0.5) is 0 Å². The van der Waals surface area contributed by atoms with Crippen molar-refractivity contribution in [3.8, 4) is 0 Å². The molecule has 0 fully saturated rings. The second kappa shape index (κ2) is 9.04. The second-order valence-electron chi connectivity index (χ2n) is 6.78. The summed E-state index contributed by atoms with van der Waals surface area (Å²) in [5.41, 5.74) is 6.12. The van der Waals surface area contributed by atoms with Crippen molar-refractivity contribution in [3.63, 3.8) is 0 Å². The number of carbonyl (C=O) groups is 1. The molecule has 0 aliphatic rings. The van der Waals surface area contributed by atoms with Crippen molar-refractivity contribution in [1.82, 2.24) is 20.4 Å². The molecular formula is C22H25ClN4O. The number of hydrogen-bond donors (Lipinski definition) is 2. The fourth-order valence-corrected chi connectivity index (χ4v) is 3.43. The Morgan fingerprint density at radius 1 is 1.11 bits per heavy atom. The molecule has 0 bridgehead atoms. The van der Waals surface area contributed by atoms with E-state index >= 15 is 0 Å². The first-order valence-electron chi connectivity index (χ1n) is 9.27. The molecule has 2 N–H and O–H groups in total. The predicted molar refractivity (Wildman–Crippen MR) is 113 cm³/mol. The summed E-state index contributed by atoms with van der Waals surface area (Å²) in [5.74, 6) is -0.0746. The molecule has 3 rings (SSSR count). The van der Waals surface area contributed by atoms with Gasteiger partial charge in [0.1, 0.15) is 0 Å². The maximum Gasteiger partial charge on any atom is 0.251 e. The van der Waals surface area contributed by atoms with Gasteiger partial charge in [0.05, 0.1) is 12.2 Å². The smallest absolute Gasteiger partial charge is 0.251 e. The lowest BCUT2D eigenvalue weighted by molar-refractivity contribution is 0.0963. The van der Waals surface area contributed by atoms with Gasteiger partial charge in [-0.3, -0.25) is 9.48 Å². The fourth-order valence-electron chi connectivity index (χ4n) is 3.23. The van der Waals surface area contributed by atoms with E-state index in [2.05, 4.69) is 22.7 Å². The molecule has 1 aromatic heterocycles. The molecule has 28 heavy (non-hydrogen) atoms. The minimum absolute atomic E-state index is 0.0746. The predicted octanol–water partition coefficient (Wildman–Crippen LogP) is 3.85. The van der Waals surface area contributed by atoms with Crippen LogP contribution in [-0.2, 0) is 19.6 Å². The van der Waals surface area contributed by atoms with Crippen LogP contribution in [0.1, 0.15) is 38.4 Å². The highest BCUT2D eigenvalue weighted by Gasteiger charge is 2.12. The molecule has 2 aromatic carbocycles. The molecule has 0 spiro atoms. The SMILES string of the molecule is CNC(=O)c1cccc(CNCc2c(C)nn(Cc3ccccc3Cl)c2C)c1. The number of nitrogens with one attached hydrogen (secondary N) is 2. The third kappa shape index (κ3) is 4.61. The first kappa shape index (κ1) is 20.1. The number of aromatic nitrogens is 2. The Labute approximate surface area is 170 Å². The maximum atomic E-state index is 11.8. The summed E-state index contributed by atoms with van der Waals surface area (Å²) < 4.78 is 2.00. The van der Waals surface area contributed by atoms with Gasteiger partial charge in [-0.15, -0.1) is 0 Å². The van der Waals surface area contributed by atoms with Crippen molar-refractivity contribution in [2.75, 3.05) is 7.05 Å². The van der Waals surface area contributed by atoms with Crippen molar-refractivity contribution in [2.45, 2.75) is 33.5 Å². The number of halogens is 1. The van der Waals surface area contributed by atoms with Gasteiger partial charge in [-0.2, -0.15) is 5.10 Å². The van der Waals surface area contributed by atoms with Crippen LogP contribution >= 0.6 is 11.6 Å². The normalized spacial score (nSPS) is 10.9. The van der Waals surface area contributed by atoms with Gasteiger partial charge in [0.2, 0.25) is 0 Å². The average molecular weight is 397 g/mol. The molecule has 0 radical (unpaired) electrons. The topological polar surface area (TPSA) is 59.0 Å². The molecular weight excluding hydrogens is 372 g/mol. The highest BCUT2D eigenvalue weighted by Crippen LogP contribution is 2.19. The van der Waals surface area contributed by atoms with E-state index in [-0.39, 0.29) is 5.91 Å². The fraction of sp³-hybridized carbons (Fsp3) is 0.273. The lowest BCUT2D eigenvalue weighted by Gasteiger charge is -2.09. The number of carbonyl (C=O) groups excluding carboxylic acids is 1. The van der Waals surface area contributed by atoms with Crippen molar-refractivity contribution in [1.29, 1.82) is 0 Å². The van der Waals surface area contributed by atoms with Gasteiger partial charge in [-0.1, -0.05) is 41.9 Å². The molecule has 0 saturated heterocycles. The van der Waals surface area contributed by atoms with Gasteiger partial charge in [-0.05, 0) is 43.2 Å². The van der Waals surface area contributed by atoms with Crippen LogP contribution in [0.15, 0.2) is 48.5 Å². The molecule has 0 atom stereocenters. The number of hydrogen-bond acceptors (Lipinski definition) is 3. The van der Waals surface area contributed by atoms with E-state index in [9.17, 15) is 4.79 Å². The Hall–Kier alpha value is -2.63. The lowest BCUT2D eigenvalue weighted by atomic mass is 10.1. The van der Waals surface area contributed by atoms with Crippen molar-refractivity contribution in [3.05, 3.63) is 87.2 Å². The van der Waals surface area contributed by atoms with Crippen molar-refractivity contribution in [2.24, 2.45) is 0 Å². The summed E-state index contributed by atoms with van der Waals surface area (Å²) in [6.45, 7) is 6.16. The summed E-state index contributed by atoms with van der Waals surface area (Å²) in [6.07, 6.45) is 0. The molecule has 0 unspecified atom stereocenters. The van der Waals surface area contributed by atoms with E-state index < -0.39 is 0 Å². The minimum atomic E-state index is -0.0746. The largest absolute Gasteiger partial charge is 0.355 e. The summed E-state index contributed by atoms with van der Waals surface area (Å²) in [4.78, 5) is 11.8. The molecule has 1 amide bonds. The Bertz CT molecular complexity index is 980. The third-order valence-corrected chi connectivity index (χ3v) is 5.23. The van der Waals surface area contributed by atoms with Crippen LogP contribution in [-0.4, -0.2) is 22.7 Å². The van der Waals surface area contributed by atoms with E-state index in [4.69, 9.17) is 11.6 Å². The molecule has 0 saturated carbocycles. The van der Waals surface area contributed by atoms with Crippen molar-refractivity contribution < 1.29 is 4.79 Å². The number of aryl methyl sites for hydroxylation is 1. The lowest BCUT2D eigenvalue weighted by Crippen LogP contribution is -2.19. The standard InChI is InChI=1S/C22H25ClN4O/c1-15-20(13-25-12-17-7-6-9-18(11-17)22(28)24-3)16(2)27(26-15)14-19-8-4-5-10-21(19)23/h4-11,25H,12-14H2,1-3H3,(H,24,28). The van der Waals surface area contributed by atoms with Gasteiger partial charge in [0, 0.05) is 42.0 Å². The summed E-state index contributed by atoms with van der Waals surface area (Å²) >= 11 is 6.29. The van der Waals surface area contributed by atoms with Gasteiger partial charge in [-0.25, -0.2) is 0 Å². The quantitative estimate of drug-likeness (QED) is 0.637. The molecule has 3 aromatic rings. The van der Waals surface area contributed by atoms with E-state index in [0.717, 1.165) is 27.5 Å². The Balaban J connectivity index is 1.66. The second-order valence-corrected chi connectivity index (χ2v) is 7.19. The van der Waals surface area contributed by atoms with Gasteiger partial charge in [0.25, 0.3) is 5.91 Å². The number of benzene rings is 2.